The summed E-state index contributed by atoms with van der Waals surface area (Å²) in [5.41, 5.74) is 4.23. The third-order valence-electron chi connectivity index (χ3n) is 5.94. The lowest BCUT2D eigenvalue weighted by molar-refractivity contribution is 0.103. The minimum atomic E-state index is -0.152. The van der Waals surface area contributed by atoms with Crippen molar-refractivity contribution in [1.82, 2.24) is 20.1 Å². The number of benzene rings is 2. The Balaban J connectivity index is 1.25. The number of piperazine rings is 1. The molecule has 0 unspecified atom stereocenters. The summed E-state index contributed by atoms with van der Waals surface area (Å²) in [6.45, 7) is 5.86. The minimum absolute atomic E-state index is 0.152. The molecule has 1 aliphatic heterocycles. The zero-order valence-electron chi connectivity index (χ0n) is 19.2. The standard InChI is InChI=1S/C26H26N6OS/c1-18-24(34-26(27-18)20-6-4-3-5-7-20)25(33)28-21-10-8-19(9-11-21)22-12-13-23(30-29-22)32-16-14-31(2)15-17-32/h3-13H,14-17H2,1-2H3,(H,28,33). The Morgan fingerprint density at radius 1 is 0.882 bits per heavy atom. The lowest BCUT2D eigenvalue weighted by Crippen LogP contribution is -2.44. The topological polar surface area (TPSA) is 74.2 Å². The summed E-state index contributed by atoms with van der Waals surface area (Å²) < 4.78 is 0. The molecule has 1 saturated heterocycles. The van der Waals surface area contributed by atoms with Gasteiger partial charge in [-0.25, -0.2) is 4.98 Å². The Bertz CT molecular complexity index is 1260. The summed E-state index contributed by atoms with van der Waals surface area (Å²) in [4.78, 5) is 22.6. The number of aryl methyl sites for hydroxylation is 1. The molecule has 172 valence electrons. The van der Waals surface area contributed by atoms with E-state index in [1.54, 1.807) is 0 Å². The summed E-state index contributed by atoms with van der Waals surface area (Å²) in [5.74, 6) is 0.761. The molecule has 1 aliphatic rings. The molecule has 2 aromatic carbocycles. The average Bonchev–Trinajstić information content (AvgIpc) is 3.27. The zero-order valence-corrected chi connectivity index (χ0v) is 20.0. The third kappa shape index (κ3) is 4.83. The van der Waals surface area contributed by atoms with Gasteiger partial charge in [-0.15, -0.1) is 21.5 Å². The lowest BCUT2D eigenvalue weighted by atomic mass is 10.1. The Morgan fingerprint density at radius 3 is 2.29 bits per heavy atom. The van der Waals surface area contributed by atoms with Crippen LogP contribution in [-0.2, 0) is 0 Å². The number of nitrogens with one attached hydrogen (secondary N) is 1. The number of nitrogens with zero attached hydrogens (tertiary/aromatic N) is 5. The smallest absolute Gasteiger partial charge is 0.267 e. The van der Waals surface area contributed by atoms with Gasteiger partial charge in [0.25, 0.3) is 5.91 Å². The quantitative estimate of drug-likeness (QED) is 0.460. The molecule has 1 fully saturated rings. The van der Waals surface area contributed by atoms with Crippen LogP contribution in [0.1, 0.15) is 15.4 Å². The fraction of sp³-hybridized carbons (Fsp3) is 0.231. The van der Waals surface area contributed by atoms with Crippen LogP contribution >= 0.6 is 11.3 Å². The molecule has 0 atom stereocenters. The van der Waals surface area contributed by atoms with Gasteiger partial charge in [-0.1, -0.05) is 42.5 Å². The molecule has 8 heteroatoms. The van der Waals surface area contributed by atoms with Gasteiger partial charge in [-0.05, 0) is 38.2 Å². The highest BCUT2D eigenvalue weighted by Crippen LogP contribution is 2.29. The van der Waals surface area contributed by atoms with Crippen LogP contribution in [0.4, 0.5) is 11.5 Å². The van der Waals surface area contributed by atoms with Crippen molar-refractivity contribution in [2.75, 3.05) is 43.4 Å². The number of amides is 1. The van der Waals surface area contributed by atoms with Gasteiger partial charge in [0.1, 0.15) is 9.88 Å². The van der Waals surface area contributed by atoms with Crippen molar-refractivity contribution in [3.8, 4) is 21.8 Å². The van der Waals surface area contributed by atoms with Gasteiger partial charge in [0.2, 0.25) is 0 Å². The molecular weight excluding hydrogens is 444 g/mol. The van der Waals surface area contributed by atoms with Gasteiger partial charge < -0.3 is 15.1 Å². The molecule has 0 aliphatic carbocycles. The van der Waals surface area contributed by atoms with Crippen molar-refractivity contribution < 1.29 is 4.79 Å². The summed E-state index contributed by atoms with van der Waals surface area (Å²) in [5, 5.41) is 12.7. The Labute approximate surface area is 203 Å². The van der Waals surface area contributed by atoms with Crippen molar-refractivity contribution in [3.05, 3.63) is 77.3 Å². The molecule has 0 saturated carbocycles. The summed E-state index contributed by atoms with van der Waals surface area (Å²) in [6, 6.07) is 21.6. The maximum atomic E-state index is 12.9. The predicted octanol–water partition coefficient (Wildman–Crippen LogP) is 4.58. The average molecular weight is 471 g/mol. The van der Waals surface area contributed by atoms with Gasteiger partial charge in [0.15, 0.2) is 5.82 Å². The maximum Gasteiger partial charge on any atom is 0.267 e. The van der Waals surface area contributed by atoms with Crippen LogP contribution in [0.15, 0.2) is 66.7 Å². The Morgan fingerprint density at radius 2 is 1.62 bits per heavy atom. The highest BCUT2D eigenvalue weighted by molar-refractivity contribution is 7.17. The first-order valence-electron chi connectivity index (χ1n) is 11.3. The minimum Gasteiger partial charge on any atom is -0.353 e. The summed E-state index contributed by atoms with van der Waals surface area (Å²) in [7, 11) is 2.14. The van der Waals surface area contributed by atoms with E-state index in [-0.39, 0.29) is 5.91 Å². The van der Waals surface area contributed by atoms with Crippen LogP contribution in [0.2, 0.25) is 0 Å². The second kappa shape index (κ2) is 9.70. The van der Waals surface area contributed by atoms with E-state index in [0.717, 1.165) is 65.2 Å². The molecule has 1 N–H and O–H groups in total. The molecule has 5 rings (SSSR count). The molecule has 4 aromatic rings. The van der Waals surface area contributed by atoms with Crippen LogP contribution in [0.25, 0.3) is 21.8 Å². The van der Waals surface area contributed by atoms with E-state index in [9.17, 15) is 4.79 Å². The number of carbonyl (C=O) groups is 1. The predicted molar refractivity (Wildman–Crippen MR) is 137 cm³/mol. The Hall–Kier alpha value is -3.62. The van der Waals surface area contributed by atoms with Gasteiger partial charge in [-0.3, -0.25) is 4.79 Å². The van der Waals surface area contributed by atoms with Gasteiger partial charge in [-0.2, -0.15) is 0 Å². The molecule has 0 radical (unpaired) electrons. The van der Waals surface area contributed by atoms with Crippen molar-refractivity contribution in [1.29, 1.82) is 0 Å². The maximum absolute atomic E-state index is 12.9. The SMILES string of the molecule is Cc1nc(-c2ccccc2)sc1C(=O)Nc1ccc(-c2ccc(N3CCN(C)CC3)nn2)cc1. The number of anilines is 2. The van der Waals surface area contributed by atoms with Gasteiger partial charge >= 0.3 is 0 Å². The molecular formula is C26H26N6OS. The van der Waals surface area contributed by atoms with Crippen molar-refractivity contribution in [2.24, 2.45) is 0 Å². The summed E-state index contributed by atoms with van der Waals surface area (Å²) >= 11 is 1.41. The van der Waals surface area contributed by atoms with Crippen molar-refractivity contribution >= 4 is 28.7 Å². The number of hydrogen-bond donors (Lipinski definition) is 1. The third-order valence-corrected chi connectivity index (χ3v) is 7.15. The van der Waals surface area contributed by atoms with Crippen LogP contribution in [0.3, 0.4) is 0 Å². The van der Waals surface area contributed by atoms with E-state index in [4.69, 9.17) is 0 Å². The highest BCUT2D eigenvalue weighted by Gasteiger charge is 2.17. The van der Waals surface area contributed by atoms with E-state index in [0.29, 0.717) is 4.88 Å². The number of aromatic nitrogens is 3. The first-order valence-corrected chi connectivity index (χ1v) is 12.1. The molecule has 34 heavy (non-hydrogen) atoms. The van der Waals surface area contributed by atoms with Crippen molar-refractivity contribution in [2.45, 2.75) is 6.92 Å². The zero-order chi connectivity index (χ0) is 23.5. The molecule has 2 aromatic heterocycles. The van der Waals surface area contributed by atoms with Crippen LogP contribution in [0.5, 0.6) is 0 Å². The van der Waals surface area contributed by atoms with Gasteiger partial charge in [0.05, 0.1) is 11.4 Å². The van der Waals surface area contributed by atoms with E-state index >= 15 is 0 Å². The lowest BCUT2D eigenvalue weighted by Gasteiger charge is -2.32. The highest BCUT2D eigenvalue weighted by atomic mass is 32.1. The first-order chi connectivity index (χ1) is 16.6. The second-order valence-electron chi connectivity index (χ2n) is 8.40. The molecule has 7 nitrogen and oxygen atoms in total. The molecule has 3 heterocycles. The monoisotopic (exact) mass is 470 g/mol. The number of likely N-dealkylation sites (N-methyl/N-ethyl adjacent to an activating group) is 1. The number of thiazole rings is 1. The van der Waals surface area contributed by atoms with E-state index < -0.39 is 0 Å². The molecule has 0 bridgehead atoms. The number of carbonyl (C=O) groups excluding carboxylic acids is 1. The first kappa shape index (κ1) is 22.2. The van der Waals surface area contributed by atoms with Crippen LogP contribution in [0, 0.1) is 6.92 Å². The van der Waals surface area contributed by atoms with E-state index in [1.807, 2.05) is 73.7 Å². The molecule has 0 spiro atoms. The van der Waals surface area contributed by atoms with Crippen LogP contribution in [-0.4, -0.2) is 59.2 Å². The number of hydrogen-bond acceptors (Lipinski definition) is 7. The fourth-order valence-corrected chi connectivity index (χ4v) is 4.87. The fourth-order valence-electron chi connectivity index (χ4n) is 3.91. The summed E-state index contributed by atoms with van der Waals surface area (Å²) in [6.07, 6.45) is 0. The van der Waals surface area contributed by atoms with Crippen molar-refractivity contribution in [3.63, 3.8) is 0 Å². The van der Waals surface area contributed by atoms with E-state index in [2.05, 4.69) is 37.3 Å². The molecule has 1 amide bonds. The second-order valence-corrected chi connectivity index (χ2v) is 9.40. The number of rotatable bonds is 5. The van der Waals surface area contributed by atoms with Gasteiger partial charge in [0, 0.05) is 43.0 Å². The normalized spacial score (nSPS) is 14.2. The Kier molecular flexibility index (Phi) is 6.33. The van der Waals surface area contributed by atoms with E-state index in [1.165, 1.54) is 11.3 Å². The van der Waals surface area contributed by atoms with Crippen LogP contribution < -0.4 is 10.2 Å². The largest absolute Gasteiger partial charge is 0.353 e.